The smallest absolute Gasteiger partial charge is 0.253 e. The van der Waals surface area contributed by atoms with Crippen LogP contribution in [0.5, 0.6) is 17.2 Å². The minimum absolute atomic E-state index is 0.130. The Hall–Kier alpha value is -3.15. The molecule has 0 unspecified atom stereocenters. The molecule has 0 fully saturated rings. The summed E-state index contributed by atoms with van der Waals surface area (Å²) in [7, 11) is 1.61. The molecule has 1 amide bonds. The van der Waals surface area contributed by atoms with E-state index in [-0.39, 0.29) is 12.7 Å². The number of aromatic amines is 1. The van der Waals surface area contributed by atoms with Crippen molar-refractivity contribution in [3.05, 3.63) is 53.2 Å². The third kappa shape index (κ3) is 2.76. The zero-order valence-corrected chi connectivity index (χ0v) is 14.0. The molecule has 4 rings (SSSR count). The fraction of sp³-hybridized carbons (Fsp3) is 0.211. The predicted octanol–water partition coefficient (Wildman–Crippen LogP) is 3.14. The van der Waals surface area contributed by atoms with Crippen molar-refractivity contribution in [1.29, 1.82) is 0 Å². The lowest BCUT2D eigenvalue weighted by atomic mass is 10.1. The molecule has 0 bridgehead atoms. The van der Waals surface area contributed by atoms with Crippen molar-refractivity contribution < 1.29 is 19.0 Å². The summed E-state index contributed by atoms with van der Waals surface area (Å²) < 4.78 is 15.9. The first-order valence-electron chi connectivity index (χ1n) is 7.99. The molecule has 2 heterocycles. The van der Waals surface area contributed by atoms with Crippen molar-refractivity contribution in [2.45, 2.75) is 13.5 Å². The van der Waals surface area contributed by atoms with E-state index >= 15 is 0 Å². The lowest BCUT2D eigenvalue weighted by Gasteiger charge is -2.07. The van der Waals surface area contributed by atoms with Gasteiger partial charge in [0.15, 0.2) is 11.5 Å². The van der Waals surface area contributed by atoms with Gasteiger partial charge in [-0.05, 0) is 42.8 Å². The van der Waals surface area contributed by atoms with E-state index < -0.39 is 0 Å². The maximum atomic E-state index is 12.7. The van der Waals surface area contributed by atoms with Gasteiger partial charge in [-0.3, -0.25) is 4.79 Å². The van der Waals surface area contributed by atoms with Crippen molar-refractivity contribution in [3.8, 4) is 17.2 Å². The Balaban J connectivity index is 1.57. The molecule has 0 aliphatic carbocycles. The number of methoxy groups -OCH3 is 1. The van der Waals surface area contributed by atoms with Crippen LogP contribution in [0.1, 0.15) is 21.6 Å². The minimum atomic E-state index is -0.130. The molecule has 0 spiro atoms. The van der Waals surface area contributed by atoms with Crippen LogP contribution in [0.2, 0.25) is 0 Å². The molecular weight excluding hydrogens is 320 g/mol. The lowest BCUT2D eigenvalue weighted by Crippen LogP contribution is -2.23. The molecular formula is C19H18N2O4. The first-order chi connectivity index (χ1) is 12.2. The van der Waals surface area contributed by atoms with Crippen LogP contribution in [0, 0.1) is 6.92 Å². The summed E-state index contributed by atoms with van der Waals surface area (Å²) in [5.41, 5.74) is 3.32. The van der Waals surface area contributed by atoms with Gasteiger partial charge in [-0.2, -0.15) is 0 Å². The third-order valence-electron chi connectivity index (χ3n) is 4.31. The number of hydrogen-bond acceptors (Lipinski definition) is 4. The maximum absolute atomic E-state index is 12.7. The van der Waals surface area contributed by atoms with Gasteiger partial charge in [0.05, 0.1) is 12.7 Å². The molecule has 2 N–H and O–H groups in total. The summed E-state index contributed by atoms with van der Waals surface area (Å²) in [6.07, 6.45) is 0. The predicted molar refractivity (Wildman–Crippen MR) is 93.3 cm³/mol. The molecule has 1 aliphatic rings. The first-order valence-corrected chi connectivity index (χ1v) is 7.99. The topological polar surface area (TPSA) is 72.6 Å². The second-order valence-electron chi connectivity index (χ2n) is 5.91. The van der Waals surface area contributed by atoms with E-state index in [1.807, 2.05) is 43.3 Å². The van der Waals surface area contributed by atoms with Gasteiger partial charge in [0.25, 0.3) is 5.91 Å². The normalized spacial score (nSPS) is 12.4. The second kappa shape index (κ2) is 6.05. The molecule has 6 heteroatoms. The van der Waals surface area contributed by atoms with Gasteiger partial charge >= 0.3 is 0 Å². The number of benzene rings is 2. The van der Waals surface area contributed by atoms with Crippen LogP contribution in [0.4, 0.5) is 0 Å². The van der Waals surface area contributed by atoms with Crippen LogP contribution < -0.4 is 19.5 Å². The Morgan fingerprint density at radius 1 is 1.20 bits per heavy atom. The highest BCUT2D eigenvalue weighted by atomic mass is 16.7. The highest BCUT2D eigenvalue weighted by Gasteiger charge is 2.17. The largest absolute Gasteiger partial charge is 0.497 e. The van der Waals surface area contributed by atoms with E-state index in [2.05, 4.69) is 10.3 Å². The Morgan fingerprint density at radius 3 is 2.88 bits per heavy atom. The second-order valence-corrected chi connectivity index (χ2v) is 5.91. The van der Waals surface area contributed by atoms with Gasteiger partial charge in [0, 0.05) is 23.1 Å². The molecule has 0 saturated heterocycles. The number of carbonyl (C=O) groups is 1. The fourth-order valence-corrected chi connectivity index (χ4v) is 3.05. The quantitative estimate of drug-likeness (QED) is 0.766. The number of ether oxygens (including phenoxy) is 3. The fourth-order valence-electron chi connectivity index (χ4n) is 3.05. The van der Waals surface area contributed by atoms with Crippen molar-refractivity contribution in [2.75, 3.05) is 13.9 Å². The molecule has 128 valence electrons. The Bertz CT molecular complexity index is 961. The molecule has 0 atom stereocenters. The summed E-state index contributed by atoms with van der Waals surface area (Å²) in [4.78, 5) is 16.0. The van der Waals surface area contributed by atoms with E-state index in [4.69, 9.17) is 14.2 Å². The summed E-state index contributed by atoms with van der Waals surface area (Å²) >= 11 is 0. The van der Waals surface area contributed by atoms with Crippen molar-refractivity contribution in [2.24, 2.45) is 0 Å². The summed E-state index contributed by atoms with van der Waals surface area (Å²) in [6.45, 7) is 2.54. The molecule has 1 aliphatic heterocycles. The summed E-state index contributed by atoms with van der Waals surface area (Å²) in [6, 6.07) is 11.3. The lowest BCUT2D eigenvalue weighted by molar-refractivity contribution is 0.0952. The van der Waals surface area contributed by atoms with Gasteiger partial charge in [-0.1, -0.05) is 6.07 Å². The summed E-state index contributed by atoms with van der Waals surface area (Å²) in [5.74, 6) is 2.03. The van der Waals surface area contributed by atoms with Crippen molar-refractivity contribution >= 4 is 16.8 Å². The van der Waals surface area contributed by atoms with E-state index in [0.29, 0.717) is 17.9 Å². The highest BCUT2D eigenvalue weighted by molar-refractivity contribution is 6.08. The number of carbonyl (C=O) groups excluding carboxylic acids is 1. The number of H-pyrrole nitrogens is 1. The molecule has 0 saturated carbocycles. The Morgan fingerprint density at radius 2 is 2.04 bits per heavy atom. The molecule has 25 heavy (non-hydrogen) atoms. The third-order valence-corrected chi connectivity index (χ3v) is 4.31. The van der Waals surface area contributed by atoms with Gasteiger partial charge in [-0.25, -0.2) is 0 Å². The number of fused-ring (bicyclic) bond motifs is 2. The number of aromatic nitrogens is 1. The molecule has 1 aromatic heterocycles. The summed E-state index contributed by atoms with van der Waals surface area (Å²) in [5, 5.41) is 3.81. The first kappa shape index (κ1) is 15.4. The number of rotatable bonds is 4. The van der Waals surface area contributed by atoms with Crippen molar-refractivity contribution in [1.82, 2.24) is 10.3 Å². The van der Waals surface area contributed by atoms with Crippen LogP contribution in [-0.2, 0) is 6.54 Å². The van der Waals surface area contributed by atoms with E-state index in [1.165, 1.54) is 0 Å². The average Bonchev–Trinajstić information content (AvgIpc) is 3.21. The number of amides is 1. The van der Waals surface area contributed by atoms with Gasteiger partial charge in [0.1, 0.15) is 5.75 Å². The van der Waals surface area contributed by atoms with Gasteiger partial charge < -0.3 is 24.5 Å². The number of nitrogens with one attached hydrogen (secondary N) is 2. The van der Waals surface area contributed by atoms with Gasteiger partial charge in [0.2, 0.25) is 6.79 Å². The number of hydrogen-bond donors (Lipinski definition) is 2. The van der Waals surface area contributed by atoms with Crippen molar-refractivity contribution in [3.63, 3.8) is 0 Å². The van der Waals surface area contributed by atoms with Gasteiger partial charge in [-0.15, -0.1) is 0 Å². The Kier molecular flexibility index (Phi) is 3.72. The molecule has 0 radical (unpaired) electrons. The minimum Gasteiger partial charge on any atom is -0.497 e. The average molecular weight is 338 g/mol. The molecule has 3 aromatic rings. The maximum Gasteiger partial charge on any atom is 0.253 e. The zero-order valence-electron chi connectivity index (χ0n) is 14.0. The monoisotopic (exact) mass is 338 g/mol. The van der Waals surface area contributed by atoms with E-state index in [1.54, 1.807) is 7.11 Å². The molecule has 2 aromatic carbocycles. The van der Waals surface area contributed by atoms with Crippen LogP contribution >= 0.6 is 0 Å². The van der Waals surface area contributed by atoms with E-state index in [0.717, 1.165) is 33.7 Å². The SMILES string of the molecule is COc1ccc2[nH]c(C)c(C(=O)NCc3ccc4c(c3)OCO4)c2c1. The molecule has 6 nitrogen and oxygen atoms in total. The van der Waals surface area contributed by atoms with Crippen LogP contribution in [0.15, 0.2) is 36.4 Å². The zero-order chi connectivity index (χ0) is 17.4. The number of aryl methyl sites for hydroxylation is 1. The van der Waals surface area contributed by atoms with E-state index in [9.17, 15) is 4.79 Å². The standard InChI is InChI=1S/C19H18N2O4/c1-11-18(14-8-13(23-2)4-5-15(14)21-11)19(22)20-9-12-3-6-16-17(7-12)25-10-24-16/h3-8,21H,9-10H2,1-2H3,(H,20,22). The van der Waals surface area contributed by atoms with Crippen LogP contribution in [-0.4, -0.2) is 24.8 Å². The van der Waals surface area contributed by atoms with Crippen LogP contribution in [0.3, 0.4) is 0 Å². The highest BCUT2D eigenvalue weighted by Crippen LogP contribution is 2.32. The Labute approximate surface area is 144 Å². The van der Waals surface area contributed by atoms with Crippen LogP contribution in [0.25, 0.3) is 10.9 Å².